The van der Waals surface area contributed by atoms with Crippen molar-refractivity contribution in [3.05, 3.63) is 108 Å². The summed E-state index contributed by atoms with van der Waals surface area (Å²) in [5.41, 5.74) is 4.71. The van der Waals surface area contributed by atoms with Crippen molar-refractivity contribution >= 4 is 16.6 Å². The summed E-state index contributed by atoms with van der Waals surface area (Å²) in [7, 11) is 0. The monoisotopic (exact) mass is 322 g/mol. The first kappa shape index (κ1) is 15.3. The Hall–Kier alpha value is -3.19. The van der Waals surface area contributed by atoms with E-state index in [9.17, 15) is 4.79 Å². The lowest BCUT2D eigenvalue weighted by Gasteiger charge is -2.10. The van der Waals surface area contributed by atoms with Gasteiger partial charge in [-0.15, -0.1) is 0 Å². The first-order valence-electron chi connectivity index (χ1n) is 8.42. The molecule has 0 atom stereocenters. The minimum absolute atomic E-state index is 0.0573. The Balaban J connectivity index is 1.80. The van der Waals surface area contributed by atoms with Crippen LogP contribution in [-0.4, -0.2) is 5.78 Å². The van der Waals surface area contributed by atoms with E-state index in [-0.39, 0.29) is 5.78 Å². The van der Waals surface area contributed by atoms with E-state index in [0.717, 1.165) is 33.0 Å². The second kappa shape index (κ2) is 6.37. The topological polar surface area (TPSA) is 17.1 Å². The number of aryl methyl sites for hydroxylation is 1. The quantitative estimate of drug-likeness (QED) is 0.420. The summed E-state index contributed by atoms with van der Waals surface area (Å²) in [5, 5.41) is 2.23. The summed E-state index contributed by atoms with van der Waals surface area (Å²) in [5.74, 6) is 0.0573. The largest absolute Gasteiger partial charge is 0.289 e. The molecule has 0 aliphatic heterocycles. The number of ketones is 1. The van der Waals surface area contributed by atoms with Gasteiger partial charge in [-0.2, -0.15) is 0 Å². The zero-order chi connectivity index (χ0) is 17.2. The van der Waals surface area contributed by atoms with Crippen LogP contribution in [0.1, 0.15) is 21.5 Å². The zero-order valence-electron chi connectivity index (χ0n) is 14.1. The standard InChI is InChI=1S/C24H18O/c1-17-10-12-19(13-11-17)22-8-4-5-9-23(22)24(25)21-15-14-18-6-2-3-7-20(18)16-21/h2-16H,1H3. The van der Waals surface area contributed by atoms with Gasteiger partial charge in [-0.05, 0) is 34.9 Å². The van der Waals surface area contributed by atoms with Crippen LogP contribution in [0.25, 0.3) is 21.9 Å². The summed E-state index contributed by atoms with van der Waals surface area (Å²) in [6.45, 7) is 2.07. The fourth-order valence-electron chi connectivity index (χ4n) is 3.15. The molecule has 1 nitrogen and oxygen atoms in total. The van der Waals surface area contributed by atoms with Crippen molar-refractivity contribution in [3.8, 4) is 11.1 Å². The lowest BCUT2D eigenvalue weighted by Crippen LogP contribution is -2.03. The minimum atomic E-state index is 0.0573. The fraction of sp³-hybridized carbons (Fsp3) is 0.0417. The molecule has 120 valence electrons. The summed E-state index contributed by atoms with van der Waals surface area (Å²) in [4.78, 5) is 13.2. The molecule has 1 heteroatoms. The summed E-state index contributed by atoms with van der Waals surface area (Å²) in [6, 6.07) is 30.1. The van der Waals surface area contributed by atoms with Crippen LogP contribution in [0.2, 0.25) is 0 Å². The lowest BCUT2D eigenvalue weighted by atomic mass is 9.93. The van der Waals surface area contributed by atoms with Gasteiger partial charge >= 0.3 is 0 Å². The Kier molecular flexibility index (Phi) is 3.91. The lowest BCUT2D eigenvalue weighted by molar-refractivity contribution is 0.103. The van der Waals surface area contributed by atoms with Crippen LogP contribution in [0.15, 0.2) is 91.0 Å². The second-order valence-electron chi connectivity index (χ2n) is 6.30. The number of hydrogen-bond acceptors (Lipinski definition) is 1. The maximum atomic E-state index is 13.2. The SMILES string of the molecule is Cc1ccc(-c2ccccc2C(=O)c2ccc3ccccc3c2)cc1. The minimum Gasteiger partial charge on any atom is -0.289 e. The number of fused-ring (bicyclic) bond motifs is 1. The average Bonchev–Trinajstić information content (AvgIpc) is 2.68. The van der Waals surface area contributed by atoms with Crippen LogP contribution in [0.5, 0.6) is 0 Å². The molecule has 0 radical (unpaired) electrons. The Bertz CT molecular complexity index is 1060. The molecule has 25 heavy (non-hydrogen) atoms. The van der Waals surface area contributed by atoms with E-state index in [1.54, 1.807) is 0 Å². The highest BCUT2D eigenvalue weighted by Crippen LogP contribution is 2.27. The van der Waals surface area contributed by atoms with Crippen molar-refractivity contribution in [3.63, 3.8) is 0 Å². The van der Waals surface area contributed by atoms with Crippen molar-refractivity contribution in [1.82, 2.24) is 0 Å². The smallest absolute Gasteiger partial charge is 0.193 e. The molecule has 0 fully saturated rings. The van der Waals surface area contributed by atoms with E-state index in [1.807, 2.05) is 60.7 Å². The van der Waals surface area contributed by atoms with Gasteiger partial charge in [-0.3, -0.25) is 4.79 Å². The molecule has 4 aromatic carbocycles. The molecule has 0 heterocycles. The third-order valence-corrected chi connectivity index (χ3v) is 4.55. The molecule has 0 unspecified atom stereocenters. The van der Waals surface area contributed by atoms with Gasteiger partial charge < -0.3 is 0 Å². The third kappa shape index (κ3) is 2.97. The molecular weight excluding hydrogens is 304 g/mol. The van der Waals surface area contributed by atoms with Gasteiger partial charge in [0.2, 0.25) is 0 Å². The Labute approximate surface area is 147 Å². The van der Waals surface area contributed by atoms with Gasteiger partial charge in [0, 0.05) is 11.1 Å². The van der Waals surface area contributed by atoms with Crippen LogP contribution >= 0.6 is 0 Å². The van der Waals surface area contributed by atoms with Crippen LogP contribution in [-0.2, 0) is 0 Å². The number of carbonyl (C=O) groups is 1. The van der Waals surface area contributed by atoms with Gasteiger partial charge in [0.05, 0.1) is 0 Å². The van der Waals surface area contributed by atoms with Crippen molar-refractivity contribution in [2.24, 2.45) is 0 Å². The van der Waals surface area contributed by atoms with E-state index in [0.29, 0.717) is 0 Å². The van der Waals surface area contributed by atoms with Gasteiger partial charge in [0.25, 0.3) is 0 Å². The number of carbonyl (C=O) groups excluding carboxylic acids is 1. The zero-order valence-corrected chi connectivity index (χ0v) is 14.1. The third-order valence-electron chi connectivity index (χ3n) is 4.55. The molecule has 0 aromatic heterocycles. The highest BCUT2D eigenvalue weighted by molar-refractivity contribution is 6.14. The van der Waals surface area contributed by atoms with E-state index < -0.39 is 0 Å². The van der Waals surface area contributed by atoms with E-state index in [4.69, 9.17) is 0 Å². The number of benzene rings is 4. The first-order valence-corrected chi connectivity index (χ1v) is 8.42. The normalized spacial score (nSPS) is 10.8. The van der Waals surface area contributed by atoms with Gasteiger partial charge in [0.1, 0.15) is 0 Å². The molecule has 0 aliphatic rings. The van der Waals surface area contributed by atoms with E-state index >= 15 is 0 Å². The highest BCUT2D eigenvalue weighted by atomic mass is 16.1. The number of hydrogen-bond donors (Lipinski definition) is 0. The predicted molar refractivity (Wildman–Crippen MR) is 104 cm³/mol. The first-order chi connectivity index (χ1) is 12.2. The maximum Gasteiger partial charge on any atom is 0.193 e. The average molecular weight is 322 g/mol. The van der Waals surface area contributed by atoms with Crippen molar-refractivity contribution < 1.29 is 4.79 Å². The summed E-state index contributed by atoms with van der Waals surface area (Å²) in [6.07, 6.45) is 0. The van der Waals surface area contributed by atoms with Crippen molar-refractivity contribution in [2.45, 2.75) is 6.92 Å². The molecule has 0 amide bonds. The second-order valence-corrected chi connectivity index (χ2v) is 6.30. The van der Waals surface area contributed by atoms with Crippen molar-refractivity contribution in [1.29, 1.82) is 0 Å². The molecular formula is C24H18O. The van der Waals surface area contributed by atoms with Crippen LogP contribution in [0, 0.1) is 6.92 Å². The highest BCUT2D eigenvalue weighted by Gasteiger charge is 2.14. The maximum absolute atomic E-state index is 13.2. The predicted octanol–water partition coefficient (Wildman–Crippen LogP) is 6.05. The fourth-order valence-corrected chi connectivity index (χ4v) is 3.15. The summed E-state index contributed by atoms with van der Waals surface area (Å²) < 4.78 is 0. The van der Waals surface area contributed by atoms with Gasteiger partial charge in [-0.25, -0.2) is 0 Å². The Morgan fingerprint density at radius 2 is 1.36 bits per heavy atom. The van der Waals surface area contributed by atoms with Crippen LogP contribution in [0.4, 0.5) is 0 Å². The molecule has 0 saturated heterocycles. The van der Waals surface area contributed by atoms with Crippen LogP contribution in [0.3, 0.4) is 0 Å². The van der Waals surface area contributed by atoms with Crippen LogP contribution < -0.4 is 0 Å². The summed E-state index contributed by atoms with van der Waals surface area (Å²) >= 11 is 0. The van der Waals surface area contributed by atoms with Crippen molar-refractivity contribution in [2.75, 3.05) is 0 Å². The Morgan fingerprint density at radius 3 is 2.16 bits per heavy atom. The molecule has 0 spiro atoms. The van der Waals surface area contributed by atoms with E-state index in [1.165, 1.54) is 5.56 Å². The molecule has 4 aromatic rings. The molecule has 0 bridgehead atoms. The van der Waals surface area contributed by atoms with Gasteiger partial charge in [-0.1, -0.05) is 90.5 Å². The van der Waals surface area contributed by atoms with Gasteiger partial charge in [0.15, 0.2) is 5.78 Å². The molecule has 0 N–H and O–H groups in total. The number of rotatable bonds is 3. The molecule has 4 rings (SSSR count). The molecule has 0 aliphatic carbocycles. The Morgan fingerprint density at radius 1 is 0.680 bits per heavy atom. The van der Waals surface area contributed by atoms with E-state index in [2.05, 4.69) is 37.3 Å². The molecule has 0 saturated carbocycles.